The molecule has 2 aromatic rings. The zero-order valence-corrected chi connectivity index (χ0v) is 9.36. The lowest BCUT2D eigenvalue weighted by molar-refractivity contribution is 0.0999. The van der Waals surface area contributed by atoms with Gasteiger partial charge in [0.1, 0.15) is 5.76 Å². The van der Waals surface area contributed by atoms with E-state index in [-0.39, 0.29) is 0 Å². The zero-order valence-electron chi connectivity index (χ0n) is 9.36. The number of furan rings is 1. The molecule has 84 valence electrons. The van der Waals surface area contributed by atoms with Gasteiger partial charge in [-0.25, -0.2) is 0 Å². The largest absolute Gasteiger partial charge is 0.463 e. The van der Waals surface area contributed by atoms with E-state index in [1.807, 2.05) is 30.5 Å². The predicted octanol–water partition coefficient (Wildman–Crippen LogP) is 2.18. The van der Waals surface area contributed by atoms with Crippen LogP contribution >= 0.6 is 0 Å². The fourth-order valence-electron chi connectivity index (χ4n) is 1.93. The van der Waals surface area contributed by atoms with E-state index in [4.69, 9.17) is 10.2 Å². The van der Waals surface area contributed by atoms with Crippen LogP contribution in [0.2, 0.25) is 0 Å². The van der Waals surface area contributed by atoms with Crippen LogP contribution < -0.4 is 5.73 Å². The summed E-state index contributed by atoms with van der Waals surface area (Å²) >= 11 is 0. The first kappa shape index (κ1) is 10.5. The highest BCUT2D eigenvalue weighted by molar-refractivity contribution is 5.95. The van der Waals surface area contributed by atoms with Crippen LogP contribution in [0.3, 0.4) is 0 Å². The number of hydrogen-bond donors (Lipinski definition) is 1. The Morgan fingerprint density at radius 2 is 2.31 bits per heavy atom. The minimum atomic E-state index is -0.405. The Kier molecular flexibility index (Phi) is 2.56. The van der Waals surface area contributed by atoms with Crippen LogP contribution in [-0.4, -0.2) is 10.5 Å². The summed E-state index contributed by atoms with van der Waals surface area (Å²) in [6.45, 7) is 4.68. The number of carbonyl (C=O) groups excluding carboxylic acids is 1. The van der Waals surface area contributed by atoms with Crippen molar-refractivity contribution in [3.63, 3.8) is 0 Å². The first-order valence-electron chi connectivity index (χ1n) is 5.19. The molecule has 2 N–H and O–H groups in total. The second-order valence-electron chi connectivity index (χ2n) is 3.61. The standard InChI is InChI=1S/C12H14N2O2/c1-3-14-8(2)9(12(13)15)7-10(14)11-5-4-6-16-11/h4-7H,3H2,1-2H3,(H2,13,15). The maximum absolute atomic E-state index is 11.3. The highest BCUT2D eigenvalue weighted by Crippen LogP contribution is 2.25. The number of amides is 1. The molecule has 0 bridgehead atoms. The van der Waals surface area contributed by atoms with Crippen LogP contribution in [0.4, 0.5) is 0 Å². The molecule has 0 saturated heterocycles. The number of aromatic nitrogens is 1. The second kappa shape index (κ2) is 3.89. The van der Waals surface area contributed by atoms with Crippen molar-refractivity contribution >= 4 is 5.91 Å². The average molecular weight is 218 g/mol. The third-order valence-corrected chi connectivity index (χ3v) is 2.72. The van der Waals surface area contributed by atoms with Gasteiger partial charge in [-0.3, -0.25) is 4.79 Å². The fraction of sp³-hybridized carbons (Fsp3) is 0.250. The Morgan fingerprint density at radius 3 is 2.81 bits per heavy atom. The predicted molar refractivity (Wildman–Crippen MR) is 61.1 cm³/mol. The minimum absolute atomic E-state index is 0.405. The maximum atomic E-state index is 11.3. The Hall–Kier alpha value is -1.97. The van der Waals surface area contributed by atoms with Gasteiger partial charge in [0, 0.05) is 12.2 Å². The molecule has 0 atom stereocenters. The molecule has 1 amide bonds. The summed E-state index contributed by atoms with van der Waals surface area (Å²) < 4.78 is 7.35. The van der Waals surface area contributed by atoms with Crippen LogP contribution in [0.1, 0.15) is 23.0 Å². The monoisotopic (exact) mass is 218 g/mol. The highest BCUT2D eigenvalue weighted by Gasteiger charge is 2.16. The molecule has 2 rings (SSSR count). The van der Waals surface area contributed by atoms with E-state index < -0.39 is 5.91 Å². The van der Waals surface area contributed by atoms with Gasteiger partial charge in [0.15, 0.2) is 0 Å². The lowest BCUT2D eigenvalue weighted by Crippen LogP contribution is -2.12. The van der Waals surface area contributed by atoms with Crippen molar-refractivity contribution in [2.45, 2.75) is 20.4 Å². The van der Waals surface area contributed by atoms with E-state index in [2.05, 4.69) is 0 Å². The summed E-state index contributed by atoms with van der Waals surface area (Å²) in [7, 11) is 0. The molecule has 4 nitrogen and oxygen atoms in total. The maximum Gasteiger partial charge on any atom is 0.250 e. The topological polar surface area (TPSA) is 61.2 Å². The Balaban J connectivity index is 2.62. The average Bonchev–Trinajstić information content (AvgIpc) is 2.83. The summed E-state index contributed by atoms with van der Waals surface area (Å²) in [4.78, 5) is 11.3. The van der Waals surface area contributed by atoms with Crippen molar-refractivity contribution < 1.29 is 9.21 Å². The molecule has 0 unspecified atom stereocenters. The molecule has 2 aromatic heterocycles. The molecular weight excluding hydrogens is 204 g/mol. The van der Waals surface area contributed by atoms with E-state index in [9.17, 15) is 4.79 Å². The smallest absolute Gasteiger partial charge is 0.250 e. The van der Waals surface area contributed by atoms with E-state index >= 15 is 0 Å². The zero-order chi connectivity index (χ0) is 11.7. The first-order chi connectivity index (χ1) is 7.65. The molecule has 0 fully saturated rings. The van der Waals surface area contributed by atoms with Gasteiger partial charge in [-0.2, -0.15) is 0 Å². The second-order valence-corrected chi connectivity index (χ2v) is 3.61. The van der Waals surface area contributed by atoms with Gasteiger partial charge in [-0.15, -0.1) is 0 Å². The van der Waals surface area contributed by atoms with Crippen molar-refractivity contribution in [1.82, 2.24) is 4.57 Å². The molecular formula is C12H14N2O2. The van der Waals surface area contributed by atoms with Gasteiger partial charge in [0.05, 0.1) is 17.5 Å². The molecule has 2 heterocycles. The van der Waals surface area contributed by atoms with Gasteiger partial charge in [-0.05, 0) is 32.0 Å². The summed E-state index contributed by atoms with van der Waals surface area (Å²) in [5.74, 6) is 0.343. The number of rotatable bonds is 3. The first-order valence-corrected chi connectivity index (χ1v) is 5.19. The number of carbonyl (C=O) groups is 1. The molecule has 0 aliphatic rings. The van der Waals surface area contributed by atoms with Gasteiger partial charge < -0.3 is 14.7 Å². The number of nitrogens with two attached hydrogens (primary N) is 1. The molecule has 0 aliphatic carbocycles. The summed E-state index contributed by atoms with van der Waals surface area (Å²) in [6.07, 6.45) is 1.61. The normalized spacial score (nSPS) is 10.6. The van der Waals surface area contributed by atoms with Crippen LogP contribution in [0, 0.1) is 6.92 Å². The number of hydrogen-bond acceptors (Lipinski definition) is 2. The molecule has 16 heavy (non-hydrogen) atoms. The van der Waals surface area contributed by atoms with Crippen LogP contribution in [0.15, 0.2) is 28.9 Å². The molecule has 0 spiro atoms. The van der Waals surface area contributed by atoms with Crippen LogP contribution in [0.25, 0.3) is 11.5 Å². The van der Waals surface area contributed by atoms with Crippen LogP contribution in [0.5, 0.6) is 0 Å². The van der Waals surface area contributed by atoms with E-state index in [1.165, 1.54) is 0 Å². The quantitative estimate of drug-likeness (QED) is 0.858. The third-order valence-electron chi connectivity index (χ3n) is 2.72. The number of nitrogens with zero attached hydrogens (tertiary/aromatic N) is 1. The third kappa shape index (κ3) is 1.52. The number of primary amides is 1. The molecule has 0 saturated carbocycles. The Labute approximate surface area is 93.7 Å². The van der Waals surface area contributed by atoms with Gasteiger partial charge >= 0.3 is 0 Å². The fourth-order valence-corrected chi connectivity index (χ4v) is 1.93. The van der Waals surface area contributed by atoms with Gasteiger partial charge in [0.25, 0.3) is 5.91 Å². The minimum Gasteiger partial charge on any atom is -0.463 e. The summed E-state index contributed by atoms with van der Waals surface area (Å²) in [6, 6.07) is 5.47. The van der Waals surface area contributed by atoms with Crippen molar-refractivity contribution in [2.75, 3.05) is 0 Å². The van der Waals surface area contributed by atoms with Gasteiger partial charge in [-0.1, -0.05) is 0 Å². The molecule has 4 heteroatoms. The van der Waals surface area contributed by atoms with E-state index in [1.54, 1.807) is 12.3 Å². The Bertz CT molecular complexity index is 509. The van der Waals surface area contributed by atoms with Crippen molar-refractivity contribution in [2.24, 2.45) is 5.73 Å². The molecule has 0 aromatic carbocycles. The van der Waals surface area contributed by atoms with Gasteiger partial charge in [0.2, 0.25) is 0 Å². The lowest BCUT2D eigenvalue weighted by atomic mass is 10.2. The van der Waals surface area contributed by atoms with E-state index in [0.717, 1.165) is 23.7 Å². The summed E-state index contributed by atoms with van der Waals surface area (Å²) in [5.41, 5.74) is 7.64. The lowest BCUT2D eigenvalue weighted by Gasteiger charge is -2.06. The molecule has 0 aliphatic heterocycles. The van der Waals surface area contributed by atoms with Crippen molar-refractivity contribution in [3.8, 4) is 11.5 Å². The van der Waals surface area contributed by atoms with Crippen molar-refractivity contribution in [1.29, 1.82) is 0 Å². The SMILES string of the molecule is CCn1c(-c2ccco2)cc(C(N)=O)c1C. The highest BCUT2D eigenvalue weighted by atomic mass is 16.3. The summed E-state index contributed by atoms with van der Waals surface area (Å²) in [5, 5.41) is 0. The van der Waals surface area contributed by atoms with Crippen molar-refractivity contribution in [3.05, 3.63) is 35.7 Å². The van der Waals surface area contributed by atoms with Crippen LogP contribution in [-0.2, 0) is 6.54 Å². The van der Waals surface area contributed by atoms with E-state index in [0.29, 0.717) is 5.56 Å². The molecule has 0 radical (unpaired) electrons. The Morgan fingerprint density at radius 1 is 1.56 bits per heavy atom.